The zero-order valence-electron chi connectivity index (χ0n) is 53.4. The van der Waals surface area contributed by atoms with Crippen molar-refractivity contribution in [2.24, 2.45) is 23.5 Å². The number of anilines is 1. The maximum Gasteiger partial charge on any atom is 0.355 e. The van der Waals surface area contributed by atoms with Gasteiger partial charge in [-0.15, -0.1) is 0 Å². The molecule has 93 heavy (non-hydrogen) atoms. The minimum absolute atomic E-state index is 0.0111. The van der Waals surface area contributed by atoms with Crippen LogP contribution in [-0.4, -0.2) is 171 Å². The monoisotopic (exact) mass is 1310 g/mol. The van der Waals surface area contributed by atoms with Crippen LogP contribution in [0.3, 0.4) is 0 Å². The molecule has 29 heteroatoms. The summed E-state index contributed by atoms with van der Waals surface area (Å²) >= 11 is 5.44. The number of methoxy groups -OCH3 is 1. The number of carbonyl (C=O) groups excluding carboxylic acids is 9. The number of amides is 7. The third-order valence-electron chi connectivity index (χ3n) is 16.7. The Labute approximate surface area is 542 Å². The van der Waals surface area contributed by atoms with Gasteiger partial charge < -0.3 is 86.3 Å². The molecular weight excluding hydrogens is 1230 g/mol. The normalized spacial score (nSPS) is 21.8. The lowest BCUT2D eigenvalue weighted by atomic mass is 9.85. The van der Waals surface area contributed by atoms with Crippen molar-refractivity contribution in [3.8, 4) is 17.1 Å². The highest BCUT2D eigenvalue weighted by Crippen LogP contribution is 2.41. The topological polar surface area (TPSA) is 389 Å². The minimum Gasteiger partial charge on any atom is -0.462 e. The SMILES string of the molecule is CC[C@]1(OC(=O)[C@H](NC(=O)[C@@H](CC(N)=O)NC(=O)[C@@H](CC(C)C)NC(=O)CNC(=O)[C@H](CC(C)C)NC(=O)C2CCCN2C(=O)CNC(=S)Nc2ccc(O[C@@H]3O[C@H](C)[C@H](O)[C@H](OC)[C@@H]3O)cc2)C(C)C)C(=O)OCc2c1cc1n(c2=O)Cc2cc3ccccc3nc2-1. The van der Waals surface area contributed by atoms with E-state index in [-0.39, 0.29) is 73.6 Å². The number of likely N-dealkylation sites (tertiary alicyclic amines) is 1. The van der Waals surface area contributed by atoms with Crippen molar-refractivity contribution in [3.63, 3.8) is 0 Å². The van der Waals surface area contributed by atoms with E-state index >= 15 is 0 Å². The minimum atomic E-state index is -2.14. The van der Waals surface area contributed by atoms with E-state index in [0.29, 0.717) is 41.2 Å². The quantitative estimate of drug-likeness (QED) is 0.0274. The van der Waals surface area contributed by atoms with Crippen LogP contribution in [-0.2, 0) is 80.9 Å². The van der Waals surface area contributed by atoms with E-state index in [1.54, 1.807) is 71.9 Å². The molecule has 6 heterocycles. The molecule has 2 aromatic heterocycles. The Morgan fingerprint density at radius 3 is 2.17 bits per heavy atom. The van der Waals surface area contributed by atoms with Gasteiger partial charge in [0.15, 0.2) is 5.11 Å². The van der Waals surface area contributed by atoms with E-state index in [2.05, 4.69) is 37.2 Å². The fraction of sp³-hybridized carbons (Fsp3) is 0.531. The maximum atomic E-state index is 14.4. The second kappa shape index (κ2) is 30.4. The number of hydrogen-bond donors (Lipinski definition) is 10. The van der Waals surface area contributed by atoms with Crippen molar-refractivity contribution >= 4 is 87.2 Å². The highest BCUT2D eigenvalue weighted by atomic mass is 32.1. The number of primary amides is 1. The van der Waals surface area contributed by atoms with Crippen LogP contribution < -0.4 is 53.2 Å². The first kappa shape index (κ1) is 70.2. The number of pyridine rings is 2. The molecule has 4 aromatic rings. The number of para-hydroxylation sites is 1. The van der Waals surface area contributed by atoms with Crippen molar-refractivity contribution < 1.29 is 77.0 Å². The average molecular weight is 1310 g/mol. The number of aliphatic hydroxyl groups excluding tert-OH is 2. The van der Waals surface area contributed by atoms with Gasteiger partial charge in [-0.2, -0.15) is 0 Å². The lowest BCUT2D eigenvalue weighted by molar-refractivity contribution is -0.272. The smallest absolute Gasteiger partial charge is 0.355 e. The molecule has 502 valence electrons. The summed E-state index contributed by atoms with van der Waals surface area (Å²) in [5.41, 5.74) is 6.09. The highest BCUT2D eigenvalue weighted by Gasteiger charge is 2.52. The number of thiocarbonyl (C=S) groups is 1. The third kappa shape index (κ3) is 16.4. The first-order chi connectivity index (χ1) is 44.1. The predicted molar refractivity (Wildman–Crippen MR) is 340 cm³/mol. The van der Waals surface area contributed by atoms with Crippen molar-refractivity contribution in [1.29, 1.82) is 0 Å². The summed E-state index contributed by atoms with van der Waals surface area (Å²) in [6, 6.07) is 10.9. The number of hydrogen-bond acceptors (Lipinski definition) is 19. The fourth-order valence-corrected chi connectivity index (χ4v) is 12.0. The summed E-state index contributed by atoms with van der Waals surface area (Å²) in [7, 11) is 1.37. The molecule has 0 aliphatic carbocycles. The van der Waals surface area contributed by atoms with Crippen LogP contribution in [0.1, 0.15) is 111 Å². The zero-order chi connectivity index (χ0) is 67.7. The van der Waals surface area contributed by atoms with Crippen molar-refractivity contribution in [1.82, 2.24) is 46.4 Å². The van der Waals surface area contributed by atoms with Crippen LogP contribution in [0.2, 0.25) is 0 Å². The Kier molecular flexibility index (Phi) is 23.0. The van der Waals surface area contributed by atoms with E-state index in [1.807, 2.05) is 44.2 Å². The van der Waals surface area contributed by atoms with E-state index in [4.69, 9.17) is 46.6 Å². The Morgan fingerprint density at radius 1 is 0.839 bits per heavy atom. The lowest BCUT2D eigenvalue weighted by Crippen LogP contribution is -2.59. The van der Waals surface area contributed by atoms with Gasteiger partial charge in [-0.25, -0.2) is 14.6 Å². The number of benzene rings is 2. The number of esters is 2. The molecule has 4 aliphatic heterocycles. The molecule has 1 unspecified atom stereocenters. The van der Waals surface area contributed by atoms with Gasteiger partial charge in [0.1, 0.15) is 60.9 Å². The number of carbonyl (C=O) groups is 9. The number of nitrogens with one attached hydrogen (secondary N) is 7. The molecular formula is C64H83N11O17S. The standard InChI is InChI=1S/C64H83N11O17S/c1-10-64(40-25-46-51-36(24-35-14-11-12-15-41(35)70-51)29-75(46)59(85)39(40)30-89-62(64)87)92-60(86)50(33(6)7)73-57(83)44(26-47(65)76)71-56(82)43(23-32(4)5)69-48(77)27-66-55(81)42(22-31(2)3)72-58(84)45-16-13-21-74(45)49(78)28-67-63(93)68-37-17-19-38(20-18-37)91-61-53(80)54(88-9)52(79)34(8)90-61/h11-12,14-15,17-20,24-25,31-34,42-45,50,52-54,61,79-80H,10,13,16,21-23,26-30H2,1-9H3,(H2,65,76)(H,66,81)(H,69,77)(H,71,82)(H,72,84)(H,73,83)(H2,67,68,93)/t34-,42+,43-,44-,45?,50-,52+,53+,54+,61+,64-/m1/s1. The van der Waals surface area contributed by atoms with Gasteiger partial charge in [-0.1, -0.05) is 66.7 Å². The van der Waals surface area contributed by atoms with Crippen LogP contribution in [0.4, 0.5) is 5.69 Å². The van der Waals surface area contributed by atoms with Gasteiger partial charge in [-0.3, -0.25) is 38.4 Å². The van der Waals surface area contributed by atoms with Gasteiger partial charge in [-0.05, 0) is 111 Å². The van der Waals surface area contributed by atoms with Crippen LogP contribution in [0.15, 0.2) is 65.5 Å². The summed E-state index contributed by atoms with van der Waals surface area (Å²) in [6.07, 6.45) is -4.98. The molecule has 28 nitrogen and oxygen atoms in total. The number of fused-ring (bicyclic) bond motifs is 5. The molecule has 0 spiro atoms. The summed E-state index contributed by atoms with van der Waals surface area (Å²) < 4.78 is 29.8. The number of cyclic esters (lactones) is 1. The van der Waals surface area contributed by atoms with E-state index in [9.17, 15) is 58.2 Å². The summed E-state index contributed by atoms with van der Waals surface area (Å²) in [6.45, 7) is 12.7. The second-order valence-corrected chi connectivity index (χ2v) is 25.3. The molecule has 2 aromatic carbocycles. The average Bonchev–Trinajstić information content (AvgIpc) is 1.68. The maximum absolute atomic E-state index is 14.4. The van der Waals surface area contributed by atoms with Gasteiger partial charge in [0.25, 0.3) is 5.56 Å². The van der Waals surface area contributed by atoms with E-state index in [1.165, 1.54) is 16.6 Å². The highest BCUT2D eigenvalue weighted by molar-refractivity contribution is 7.80. The molecule has 0 radical (unpaired) electrons. The first-order valence-corrected chi connectivity index (χ1v) is 31.5. The molecule has 4 aliphatic rings. The Morgan fingerprint density at radius 2 is 1.52 bits per heavy atom. The molecule has 11 N–H and O–H groups in total. The second-order valence-electron chi connectivity index (χ2n) is 24.9. The van der Waals surface area contributed by atoms with Crippen LogP contribution >= 0.6 is 12.2 Å². The number of nitrogens with zero attached hydrogens (tertiary/aromatic N) is 3. The lowest BCUT2D eigenvalue weighted by Gasteiger charge is -2.40. The van der Waals surface area contributed by atoms with Gasteiger partial charge in [0.05, 0.1) is 54.6 Å². The molecule has 8 rings (SSSR count). The van der Waals surface area contributed by atoms with Gasteiger partial charge in [0, 0.05) is 35.9 Å². The summed E-state index contributed by atoms with van der Waals surface area (Å²) in [4.78, 5) is 144. The number of nitrogens with two attached hydrogens (primary N) is 1. The number of aromatic nitrogens is 2. The number of ether oxygens (including phenoxy) is 5. The van der Waals surface area contributed by atoms with Crippen molar-refractivity contribution in [3.05, 3.63) is 87.7 Å². The molecule has 11 atom stereocenters. The molecule has 0 bridgehead atoms. The fourth-order valence-electron chi connectivity index (χ4n) is 11.9. The Balaban J connectivity index is 0.849. The van der Waals surface area contributed by atoms with Crippen molar-refractivity contribution in [2.45, 2.75) is 174 Å². The van der Waals surface area contributed by atoms with Crippen LogP contribution in [0, 0.1) is 17.8 Å². The largest absolute Gasteiger partial charge is 0.462 e. The van der Waals surface area contributed by atoms with Gasteiger partial charge >= 0.3 is 11.9 Å². The van der Waals surface area contributed by atoms with E-state index in [0.717, 1.165) is 10.9 Å². The molecule has 2 fully saturated rings. The number of aliphatic hydroxyl groups is 2. The molecule has 7 amide bonds. The molecule has 0 saturated carbocycles. The summed E-state index contributed by atoms with van der Waals surface area (Å²) in [5, 5.41) is 40.6. The van der Waals surface area contributed by atoms with Crippen LogP contribution in [0.25, 0.3) is 22.3 Å². The third-order valence-corrected chi connectivity index (χ3v) is 17.0. The van der Waals surface area contributed by atoms with E-state index < -0.39 is 144 Å². The predicted octanol–water partition coefficient (Wildman–Crippen LogP) is 1.15. The Bertz CT molecular complexity index is 3570. The van der Waals surface area contributed by atoms with Crippen molar-refractivity contribution in [2.75, 3.05) is 32.1 Å². The van der Waals surface area contributed by atoms with Crippen LogP contribution in [0.5, 0.6) is 5.75 Å². The number of rotatable bonds is 26. The first-order valence-electron chi connectivity index (χ1n) is 31.1. The Hall–Kier alpha value is -8.64. The zero-order valence-corrected chi connectivity index (χ0v) is 54.2. The summed E-state index contributed by atoms with van der Waals surface area (Å²) in [5.74, 6) is -8.33. The molecule has 2 saturated heterocycles. The van der Waals surface area contributed by atoms with Gasteiger partial charge in [0.2, 0.25) is 53.2 Å².